The molecular formula is C16H24O7. The van der Waals surface area contributed by atoms with Crippen molar-refractivity contribution >= 4 is 5.78 Å². The highest BCUT2D eigenvalue weighted by molar-refractivity contribution is 6.05. The van der Waals surface area contributed by atoms with E-state index in [-0.39, 0.29) is 17.8 Å². The van der Waals surface area contributed by atoms with E-state index in [1.54, 1.807) is 6.92 Å². The fraction of sp³-hybridized carbons (Fsp3) is 0.688. The Bertz CT molecular complexity index is 521. The average Bonchev–Trinajstić information content (AvgIpc) is 2.48. The van der Waals surface area contributed by atoms with Gasteiger partial charge in [0.1, 0.15) is 24.4 Å². The monoisotopic (exact) mass is 328 g/mol. The molecule has 1 saturated heterocycles. The minimum absolute atomic E-state index is 0.0191. The average molecular weight is 328 g/mol. The van der Waals surface area contributed by atoms with Gasteiger partial charge in [0, 0.05) is 5.41 Å². The second-order valence-corrected chi connectivity index (χ2v) is 6.59. The Hall–Kier alpha value is -1.09. The van der Waals surface area contributed by atoms with Crippen LogP contribution < -0.4 is 0 Å². The molecule has 1 aliphatic carbocycles. The lowest BCUT2D eigenvalue weighted by atomic mass is 9.78. The maximum atomic E-state index is 11.8. The molecule has 1 fully saturated rings. The van der Waals surface area contributed by atoms with Crippen LogP contribution in [-0.4, -0.2) is 70.1 Å². The van der Waals surface area contributed by atoms with Gasteiger partial charge in [0.15, 0.2) is 12.1 Å². The lowest BCUT2D eigenvalue weighted by molar-refractivity contribution is -0.299. The minimum atomic E-state index is -1.48. The third kappa shape index (κ3) is 3.71. The highest BCUT2D eigenvalue weighted by atomic mass is 16.7. The van der Waals surface area contributed by atoms with E-state index < -0.39 is 37.3 Å². The highest BCUT2D eigenvalue weighted by Gasteiger charge is 2.44. The fourth-order valence-electron chi connectivity index (χ4n) is 2.77. The van der Waals surface area contributed by atoms with Crippen LogP contribution in [0.15, 0.2) is 23.3 Å². The van der Waals surface area contributed by atoms with Gasteiger partial charge < -0.3 is 29.9 Å². The van der Waals surface area contributed by atoms with Crippen molar-refractivity contribution in [3.63, 3.8) is 0 Å². The molecule has 7 heteroatoms. The number of aliphatic hydroxyl groups excluding tert-OH is 4. The summed E-state index contributed by atoms with van der Waals surface area (Å²) in [4.78, 5) is 11.8. The molecule has 0 aromatic rings. The Morgan fingerprint density at radius 2 is 1.87 bits per heavy atom. The molecule has 2 rings (SSSR count). The molecule has 2 aliphatic rings. The Morgan fingerprint density at radius 3 is 2.48 bits per heavy atom. The number of hydrogen-bond acceptors (Lipinski definition) is 7. The normalized spacial score (nSPS) is 37.3. The van der Waals surface area contributed by atoms with E-state index >= 15 is 0 Å². The summed E-state index contributed by atoms with van der Waals surface area (Å²) in [5.74, 6) is -0.100. The van der Waals surface area contributed by atoms with Crippen molar-refractivity contribution < 1.29 is 34.7 Å². The van der Waals surface area contributed by atoms with Crippen molar-refractivity contribution in [3.05, 3.63) is 23.3 Å². The van der Waals surface area contributed by atoms with Gasteiger partial charge in [-0.05, 0) is 24.1 Å². The lowest BCUT2D eigenvalue weighted by Gasteiger charge is -2.40. The van der Waals surface area contributed by atoms with Crippen molar-refractivity contribution in [3.8, 4) is 0 Å². The molecule has 7 nitrogen and oxygen atoms in total. The molecule has 23 heavy (non-hydrogen) atoms. The number of ketones is 1. The third-order valence-corrected chi connectivity index (χ3v) is 4.35. The number of ether oxygens (including phenoxy) is 2. The van der Waals surface area contributed by atoms with Crippen LogP contribution in [0.3, 0.4) is 0 Å². The molecule has 0 bridgehead atoms. The number of hydrogen-bond donors (Lipinski definition) is 4. The van der Waals surface area contributed by atoms with Crippen LogP contribution in [0.5, 0.6) is 0 Å². The van der Waals surface area contributed by atoms with Gasteiger partial charge in [-0.1, -0.05) is 19.9 Å². The van der Waals surface area contributed by atoms with Crippen molar-refractivity contribution in [2.24, 2.45) is 5.41 Å². The summed E-state index contributed by atoms with van der Waals surface area (Å²) in [7, 11) is 0. The number of aliphatic hydroxyl groups is 4. The Balaban J connectivity index is 2.05. The van der Waals surface area contributed by atoms with Crippen LogP contribution in [0.25, 0.3) is 0 Å². The summed E-state index contributed by atoms with van der Waals surface area (Å²) in [6.07, 6.45) is -3.23. The Morgan fingerprint density at radius 1 is 1.22 bits per heavy atom. The van der Waals surface area contributed by atoms with Gasteiger partial charge in [-0.15, -0.1) is 0 Å². The van der Waals surface area contributed by atoms with Crippen LogP contribution in [0.2, 0.25) is 0 Å². The zero-order valence-corrected chi connectivity index (χ0v) is 13.5. The molecule has 1 heterocycles. The van der Waals surface area contributed by atoms with Crippen LogP contribution in [-0.2, 0) is 14.3 Å². The molecule has 5 atom stereocenters. The summed E-state index contributed by atoms with van der Waals surface area (Å²) in [5.41, 5.74) is 0.989. The molecule has 1 aliphatic heterocycles. The van der Waals surface area contributed by atoms with Crippen LogP contribution in [0, 0.1) is 5.41 Å². The number of rotatable bonds is 4. The third-order valence-electron chi connectivity index (χ3n) is 4.35. The highest BCUT2D eigenvalue weighted by Crippen LogP contribution is 2.34. The van der Waals surface area contributed by atoms with Gasteiger partial charge in [-0.25, -0.2) is 0 Å². The van der Waals surface area contributed by atoms with E-state index in [4.69, 9.17) is 14.6 Å². The van der Waals surface area contributed by atoms with Gasteiger partial charge in [-0.2, -0.15) is 0 Å². The van der Waals surface area contributed by atoms with Crippen molar-refractivity contribution in [1.29, 1.82) is 0 Å². The zero-order valence-electron chi connectivity index (χ0n) is 13.5. The number of allylic oxidation sites excluding steroid dienone is 3. The first-order chi connectivity index (χ1) is 10.7. The van der Waals surface area contributed by atoms with Crippen LogP contribution >= 0.6 is 0 Å². The van der Waals surface area contributed by atoms with Crippen LogP contribution in [0.4, 0.5) is 0 Å². The standard InChI is InChI=1S/C16H24O7/c1-8-5-16(2,3)9(4-10(8)18)7-22-15-14(21)13(20)12(19)11(6-17)23-15/h4-5,11-15,17,19-21H,6-7H2,1-3H3/t11-,12-,13+,14-,15-/m1/s1. The van der Waals surface area contributed by atoms with E-state index in [2.05, 4.69) is 0 Å². The lowest BCUT2D eigenvalue weighted by Crippen LogP contribution is -2.59. The topological polar surface area (TPSA) is 116 Å². The van der Waals surface area contributed by atoms with Gasteiger partial charge in [-0.3, -0.25) is 4.79 Å². The van der Waals surface area contributed by atoms with E-state index in [0.29, 0.717) is 11.1 Å². The maximum absolute atomic E-state index is 11.8. The molecule has 0 aromatic heterocycles. The molecular weight excluding hydrogens is 304 g/mol. The van der Waals surface area contributed by atoms with E-state index in [9.17, 15) is 20.1 Å². The largest absolute Gasteiger partial charge is 0.394 e. The summed E-state index contributed by atoms with van der Waals surface area (Å²) in [5, 5.41) is 38.5. The smallest absolute Gasteiger partial charge is 0.187 e. The number of carbonyl (C=O) groups excluding carboxylic acids is 1. The molecule has 130 valence electrons. The van der Waals surface area contributed by atoms with Crippen molar-refractivity contribution in [2.75, 3.05) is 13.2 Å². The van der Waals surface area contributed by atoms with Gasteiger partial charge in [0.2, 0.25) is 0 Å². The minimum Gasteiger partial charge on any atom is -0.394 e. The zero-order chi connectivity index (χ0) is 17.4. The van der Waals surface area contributed by atoms with E-state index in [0.717, 1.165) is 0 Å². The first-order valence-electron chi connectivity index (χ1n) is 7.54. The predicted octanol–water partition coefficient (Wildman–Crippen LogP) is -0.715. The molecule has 4 N–H and O–H groups in total. The van der Waals surface area contributed by atoms with Crippen molar-refractivity contribution in [1.82, 2.24) is 0 Å². The maximum Gasteiger partial charge on any atom is 0.187 e. The van der Waals surface area contributed by atoms with Gasteiger partial charge in [0.05, 0.1) is 13.2 Å². The molecule has 0 radical (unpaired) electrons. The Kier molecular flexibility index (Phi) is 5.40. The SMILES string of the molecule is CC1=CC(C)(C)C(CO[C@@H]2O[C@H](CO)[C@@H](O)[C@H](O)[C@H]2O)=CC1=O. The van der Waals surface area contributed by atoms with Gasteiger partial charge in [0.25, 0.3) is 0 Å². The van der Waals surface area contributed by atoms with Crippen molar-refractivity contribution in [2.45, 2.75) is 51.5 Å². The predicted molar refractivity (Wildman–Crippen MR) is 80.3 cm³/mol. The van der Waals surface area contributed by atoms with E-state index in [1.807, 2.05) is 19.9 Å². The molecule has 0 unspecified atom stereocenters. The fourth-order valence-corrected chi connectivity index (χ4v) is 2.77. The molecule has 0 spiro atoms. The summed E-state index contributed by atoms with van der Waals surface area (Å²) in [6, 6.07) is 0. The second-order valence-electron chi connectivity index (χ2n) is 6.59. The quantitative estimate of drug-likeness (QED) is 0.538. The van der Waals surface area contributed by atoms with Gasteiger partial charge >= 0.3 is 0 Å². The Labute approximate surface area is 134 Å². The summed E-state index contributed by atoms with van der Waals surface area (Å²) in [6.45, 7) is 5.12. The first-order valence-corrected chi connectivity index (χ1v) is 7.54. The first kappa shape index (κ1) is 18.3. The molecule has 0 aromatic carbocycles. The second kappa shape index (κ2) is 6.80. The summed E-state index contributed by atoms with van der Waals surface area (Å²) >= 11 is 0. The number of carbonyl (C=O) groups is 1. The van der Waals surface area contributed by atoms with E-state index in [1.165, 1.54) is 6.08 Å². The molecule has 0 amide bonds. The summed E-state index contributed by atoms with van der Waals surface area (Å²) < 4.78 is 10.8. The molecule has 0 saturated carbocycles. The van der Waals surface area contributed by atoms with Crippen LogP contribution in [0.1, 0.15) is 20.8 Å².